The quantitative estimate of drug-likeness (QED) is 0.570. The number of sulfonamides is 1. The summed E-state index contributed by atoms with van der Waals surface area (Å²) in [6.07, 6.45) is 3.79. The van der Waals surface area contributed by atoms with E-state index in [1.54, 1.807) is 12.1 Å². The molecular weight excluding hydrogens is 356 g/mol. The average Bonchev–Trinajstić information content (AvgIpc) is 2.62. The van der Waals surface area contributed by atoms with Gasteiger partial charge in [-0.15, -0.1) is 6.58 Å². The molecule has 0 bridgehead atoms. The number of rotatable bonds is 6. The minimum atomic E-state index is -3.95. The number of anilines is 1. The van der Waals surface area contributed by atoms with Crippen LogP contribution in [0, 0.1) is 0 Å². The van der Waals surface area contributed by atoms with Gasteiger partial charge in [-0.25, -0.2) is 17.8 Å². The molecule has 0 radical (unpaired) electrons. The van der Waals surface area contributed by atoms with Crippen LogP contribution in [0.25, 0.3) is 11.3 Å². The van der Waals surface area contributed by atoms with E-state index in [1.165, 1.54) is 18.2 Å². The fourth-order valence-electron chi connectivity index (χ4n) is 3.04. The number of unbranched alkanes of at least 4 members (excludes halogenated alkanes) is 2. The summed E-state index contributed by atoms with van der Waals surface area (Å²) in [5, 5.41) is 0. The Kier molecular flexibility index (Phi) is 4.86. The molecule has 0 atom stereocenters. The molecular formula is C18H20N2O5S. The van der Waals surface area contributed by atoms with E-state index in [-0.39, 0.29) is 35.0 Å². The van der Waals surface area contributed by atoms with Crippen LogP contribution < -0.4 is 15.6 Å². The summed E-state index contributed by atoms with van der Waals surface area (Å²) in [5.74, 6) is -0.795. The van der Waals surface area contributed by atoms with Crippen molar-refractivity contribution in [3.63, 3.8) is 0 Å². The Bertz CT molecular complexity index is 1070. The second kappa shape index (κ2) is 6.95. The van der Waals surface area contributed by atoms with Crippen LogP contribution in [0.5, 0.6) is 0 Å². The molecule has 0 unspecified atom stereocenters. The molecule has 26 heavy (non-hydrogen) atoms. The van der Waals surface area contributed by atoms with Gasteiger partial charge in [0.15, 0.2) is 11.4 Å². The summed E-state index contributed by atoms with van der Waals surface area (Å²) < 4.78 is 33.3. The zero-order valence-corrected chi connectivity index (χ0v) is 15.3. The SMILES string of the molecule is C=CCN1c2c(oc(=O)n(CCCCC)c2=O)-c2ccccc2S1(=O)=O. The molecule has 0 aliphatic carbocycles. The highest BCUT2D eigenvalue weighted by molar-refractivity contribution is 7.93. The van der Waals surface area contributed by atoms with E-state index < -0.39 is 21.3 Å². The summed E-state index contributed by atoms with van der Waals surface area (Å²) in [6.45, 7) is 5.67. The van der Waals surface area contributed by atoms with Crippen molar-refractivity contribution < 1.29 is 12.8 Å². The van der Waals surface area contributed by atoms with E-state index in [9.17, 15) is 18.0 Å². The normalized spacial score (nSPS) is 14.6. The predicted octanol–water partition coefficient (Wildman–Crippen LogP) is 2.35. The molecule has 1 aliphatic heterocycles. The Balaban J connectivity index is 2.31. The van der Waals surface area contributed by atoms with E-state index in [1.807, 2.05) is 6.92 Å². The molecule has 3 rings (SSSR count). The molecule has 1 aliphatic rings. The first-order chi connectivity index (χ1) is 12.4. The molecule has 0 saturated carbocycles. The Morgan fingerprint density at radius 2 is 1.92 bits per heavy atom. The van der Waals surface area contributed by atoms with Crippen molar-refractivity contribution in [2.45, 2.75) is 37.6 Å². The standard InChI is InChI=1S/C18H20N2O5S/c1-3-5-8-12-19-17(21)15-16(25-18(19)22)13-9-6-7-10-14(13)26(23,24)20(15)11-4-2/h4,6-7,9-10H,2-3,5,8,11-12H2,1H3. The van der Waals surface area contributed by atoms with E-state index in [4.69, 9.17) is 4.42 Å². The molecule has 8 heteroatoms. The fraction of sp³-hybridized carbons (Fsp3) is 0.333. The van der Waals surface area contributed by atoms with Crippen LogP contribution in [0.2, 0.25) is 0 Å². The van der Waals surface area contributed by atoms with Crippen LogP contribution in [-0.4, -0.2) is 19.5 Å². The largest absolute Gasteiger partial charge is 0.422 e. The highest BCUT2D eigenvalue weighted by Crippen LogP contribution is 2.40. The Morgan fingerprint density at radius 1 is 1.19 bits per heavy atom. The maximum atomic E-state index is 13.0. The molecule has 2 heterocycles. The third-order valence-corrected chi connectivity index (χ3v) is 6.13. The van der Waals surface area contributed by atoms with E-state index in [0.29, 0.717) is 6.42 Å². The zero-order chi connectivity index (χ0) is 18.9. The first kappa shape index (κ1) is 18.2. The van der Waals surface area contributed by atoms with Crippen LogP contribution >= 0.6 is 0 Å². The second-order valence-corrected chi connectivity index (χ2v) is 7.86. The van der Waals surface area contributed by atoms with Gasteiger partial charge in [0.2, 0.25) is 0 Å². The third kappa shape index (κ3) is 2.80. The number of nitrogens with zero attached hydrogens (tertiary/aromatic N) is 2. The van der Waals surface area contributed by atoms with E-state index in [2.05, 4.69) is 6.58 Å². The van der Waals surface area contributed by atoms with Crippen molar-refractivity contribution in [3.05, 3.63) is 57.8 Å². The number of fused-ring (bicyclic) bond motifs is 3. The van der Waals surface area contributed by atoms with Gasteiger partial charge in [-0.05, 0) is 18.6 Å². The van der Waals surface area contributed by atoms with Crippen molar-refractivity contribution in [3.8, 4) is 11.3 Å². The van der Waals surface area contributed by atoms with Gasteiger partial charge in [0.25, 0.3) is 15.6 Å². The molecule has 138 valence electrons. The second-order valence-electron chi connectivity index (χ2n) is 6.03. The van der Waals surface area contributed by atoms with Crippen LogP contribution in [0.3, 0.4) is 0 Å². The molecule has 0 spiro atoms. The van der Waals surface area contributed by atoms with Crippen LogP contribution in [0.4, 0.5) is 5.69 Å². The summed E-state index contributed by atoms with van der Waals surface area (Å²) >= 11 is 0. The van der Waals surface area contributed by atoms with Gasteiger partial charge in [0.05, 0.1) is 11.4 Å². The van der Waals surface area contributed by atoms with Gasteiger partial charge in [-0.1, -0.05) is 38.0 Å². The molecule has 0 amide bonds. The van der Waals surface area contributed by atoms with Crippen LogP contribution in [-0.2, 0) is 16.6 Å². The van der Waals surface area contributed by atoms with Gasteiger partial charge in [-0.2, -0.15) is 0 Å². The summed E-state index contributed by atoms with van der Waals surface area (Å²) in [5.41, 5.74) is -0.579. The third-order valence-electron chi connectivity index (χ3n) is 4.30. The zero-order valence-electron chi connectivity index (χ0n) is 14.5. The van der Waals surface area contributed by atoms with E-state index in [0.717, 1.165) is 21.7 Å². The number of aromatic nitrogens is 1. The minimum absolute atomic E-state index is 0.000586. The smallest absolute Gasteiger partial charge is 0.407 e. The summed E-state index contributed by atoms with van der Waals surface area (Å²) in [7, 11) is -3.95. The van der Waals surface area contributed by atoms with Crippen molar-refractivity contribution in [2.75, 3.05) is 10.8 Å². The van der Waals surface area contributed by atoms with Crippen molar-refractivity contribution in [1.82, 2.24) is 4.57 Å². The minimum Gasteiger partial charge on any atom is -0.407 e. The fourth-order valence-corrected chi connectivity index (χ4v) is 4.67. The lowest BCUT2D eigenvalue weighted by atomic mass is 10.1. The monoisotopic (exact) mass is 376 g/mol. The number of hydrogen-bond acceptors (Lipinski definition) is 5. The van der Waals surface area contributed by atoms with Crippen LogP contribution in [0.15, 0.2) is 55.8 Å². The first-order valence-electron chi connectivity index (χ1n) is 8.44. The van der Waals surface area contributed by atoms with Gasteiger partial charge in [0.1, 0.15) is 0 Å². The molecule has 0 saturated heterocycles. The highest BCUT2D eigenvalue weighted by Gasteiger charge is 2.38. The lowest BCUT2D eigenvalue weighted by molar-refractivity contribution is 0.420. The topological polar surface area (TPSA) is 89.6 Å². The predicted molar refractivity (Wildman–Crippen MR) is 98.9 cm³/mol. The van der Waals surface area contributed by atoms with Gasteiger partial charge < -0.3 is 4.42 Å². The Morgan fingerprint density at radius 3 is 2.62 bits per heavy atom. The molecule has 7 nitrogen and oxygen atoms in total. The number of hydrogen-bond donors (Lipinski definition) is 0. The van der Waals surface area contributed by atoms with Gasteiger partial charge in [0, 0.05) is 12.1 Å². The van der Waals surface area contributed by atoms with Crippen molar-refractivity contribution >= 4 is 15.7 Å². The molecule has 1 aromatic heterocycles. The summed E-state index contributed by atoms with van der Waals surface area (Å²) in [4.78, 5) is 25.3. The first-order valence-corrected chi connectivity index (χ1v) is 9.88. The van der Waals surface area contributed by atoms with Crippen LogP contribution in [0.1, 0.15) is 26.2 Å². The summed E-state index contributed by atoms with van der Waals surface area (Å²) in [6, 6.07) is 6.17. The molecule has 0 fully saturated rings. The number of benzene rings is 1. The Hall–Kier alpha value is -2.61. The lowest BCUT2D eigenvalue weighted by Crippen LogP contribution is -2.43. The van der Waals surface area contributed by atoms with Crippen molar-refractivity contribution in [2.24, 2.45) is 0 Å². The Labute approximate surface area is 151 Å². The highest BCUT2D eigenvalue weighted by atomic mass is 32.2. The molecule has 1 aromatic carbocycles. The molecule has 0 N–H and O–H groups in total. The van der Waals surface area contributed by atoms with Gasteiger partial charge >= 0.3 is 5.76 Å². The lowest BCUT2D eigenvalue weighted by Gasteiger charge is -2.29. The average molecular weight is 376 g/mol. The maximum Gasteiger partial charge on any atom is 0.422 e. The molecule has 2 aromatic rings. The van der Waals surface area contributed by atoms with E-state index >= 15 is 0 Å². The van der Waals surface area contributed by atoms with Crippen molar-refractivity contribution in [1.29, 1.82) is 0 Å². The maximum absolute atomic E-state index is 13.0. The van der Waals surface area contributed by atoms with Gasteiger partial charge in [-0.3, -0.25) is 9.10 Å².